The van der Waals surface area contributed by atoms with E-state index < -0.39 is 0 Å². The molecule has 1 heterocycles. The van der Waals surface area contributed by atoms with Crippen LogP contribution < -0.4 is 0 Å². The van der Waals surface area contributed by atoms with Gasteiger partial charge in [0, 0.05) is 5.92 Å². The Morgan fingerprint density at radius 2 is 2.25 bits per heavy atom. The number of hydrogen-bond acceptors (Lipinski definition) is 2. The van der Waals surface area contributed by atoms with Crippen molar-refractivity contribution in [3.8, 4) is 0 Å². The number of carbonyl (C=O) groups excluding carboxylic acids is 1. The van der Waals surface area contributed by atoms with Crippen molar-refractivity contribution >= 4 is 28.6 Å². The number of halogens is 1. The molecule has 68 valence electrons. The van der Waals surface area contributed by atoms with Gasteiger partial charge < -0.3 is 4.74 Å². The highest BCUT2D eigenvalue weighted by molar-refractivity contribution is 14.1. The molecule has 0 aromatic carbocycles. The molecule has 0 aromatic heterocycles. The van der Waals surface area contributed by atoms with Crippen LogP contribution in [0.25, 0.3) is 0 Å². The molecule has 3 unspecified atom stereocenters. The second-order valence-electron chi connectivity index (χ2n) is 3.92. The Hall–Kier alpha value is 0.200. The van der Waals surface area contributed by atoms with E-state index in [9.17, 15) is 4.79 Å². The minimum Gasteiger partial charge on any atom is -0.461 e. The molecular formula is C9H13IO2. The molecule has 2 fully saturated rings. The Labute approximate surface area is 86.2 Å². The second-order valence-corrected chi connectivity index (χ2v) is 5.36. The first kappa shape index (κ1) is 8.78. The van der Waals surface area contributed by atoms with E-state index in [0.717, 1.165) is 0 Å². The zero-order valence-electron chi connectivity index (χ0n) is 7.13. The molecule has 12 heavy (non-hydrogen) atoms. The molecule has 2 nitrogen and oxygen atoms in total. The summed E-state index contributed by atoms with van der Waals surface area (Å²) < 4.78 is 5.84. The molecule has 0 spiro atoms. The zero-order valence-corrected chi connectivity index (χ0v) is 9.28. The average molecular weight is 280 g/mol. The molecule has 1 aliphatic carbocycles. The largest absolute Gasteiger partial charge is 0.461 e. The van der Waals surface area contributed by atoms with Gasteiger partial charge in [-0.05, 0) is 18.8 Å². The highest BCUT2D eigenvalue weighted by atomic mass is 127. The topological polar surface area (TPSA) is 26.3 Å². The summed E-state index contributed by atoms with van der Waals surface area (Å²) in [6.45, 7) is 2.25. The van der Waals surface area contributed by atoms with Gasteiger partial charge in [-0.3, -0.25) is 4.79 Å². The van der Waals surface area contributed by atoms with Crippen molar-refractivity contribution in [1.29, 1.82) is 0 Å². The Kier molecular flexibility index (Phi) is 2.31. The van der Waals surface area contributed by atoms with Crippen LogP contribution in [0, 0.1) is 11.8 Å². The van der Waals surface area contributed by atoms with E-state index >= 15 is 0 Å². The molecule has 0 aromatic rings. The van der Waals surface area contributed by atoms with Gasteiger partial charge in [-0.2, -0.15) is 0 Å². The molecular weight excluding hydrogens is 267 g/mol. The van der Waals surface area contributed by atoms with Crippen molar-refractivity contribution in [1.82, 2.24) is 0 Å². The van der Waals surface area contributed by atoms with Crippen molar-refractivity contribution in [2.75, 3.05) is 0 Å². The molecule has 1 saturated heterocycles. The lowest BCUT2D eigenvalue weighted by Gasteiger charge is -2.32. The Bertz CT molecular complexity index is 205. The first-order chi connectivity index (χ1) is 5.68. The number of rotatable bonds is 0. The first-order valence-electron chi connectivity index (χ1n) is 4.52. The molecule has 2 aliphatic rings. The number of carbonyl (C=O) groups is 1. The number of ether oxygens (including phenoxy) is 1. The van der Waals surface area contributed by atoms with Crippen LogP contribution >= 0.6 is 22.6 Å². The van der Waals surface area contributed by atoms with Gasteiger partial charge in [0.15, 0.2) is 0 Å². The summed E-state index contributed by atoms with van der Waals surface area (Å²) in [5, 5.41) is 0. The summed E-state index contributed by atoms with van der Waals surface area (Å²) >= 11 is 2.43. The molecule has 1 aliphatic heterocycles. The summed E-state index contributed by atoms with van der Waals surface area (Å²) in [6.07, 6.45) is 3.32. The number of hydrogen-bond donors (Lipinski definition) is 0. The number of fused-ring (bicyclic) bond motifs is 1. The highest BCUT2D eigenvalue weighted by Gasteiger charge is 2.43. The van der Waals surface area contributed by atoms with Crippen molar-refractivity contribution in [3.05, 3.63) is 0 Å². The molecule has 0 radical (unpaired) electrons. The Morgan fingerprint density at radius 1 is 1.50 bits per heavy atom. The Balaban J connectivity index is 2.11. The summed E-state index contributed by atoms with van der Waals surface area (Å²) in [4.78, 5) is 11.0. The summed E-state index contributed by atoms with van der Waals surface area (Å²) in [5.74, 6) is 1.24. The quantitative estimate of drug-likeness (QED) is 0.386. The van der Waals surface area contributed by atoms with Gasteiger partial charge in [-0.15, -0.1) is 0 Å². The van der Waals surface area contributed by atoms with Crippen molar-refractivity contribution in [3.63, 3.8) is 0 Å². The minimum atomic E-state index is 0.0146. The standard InChI is InChI=1S/C9H13IO2/c1-5-2-3-6-4-7(11)12-9(6)8(5)10/h5-6,8-9H,2-4H2,1H3/t5?,6?,8-,9?/m1/s1. The minimum absolute atomic E-state index is 0.0146. The van der Waals surface area contributed by atoms with Crippen LogP contribution in [0.3, 0.4) is 0 Å². The van der Waals surface area contributed by atoms with Gasteiger partial charge in [0.25, 0.3) is 0 Å². The molecule has 4 atom stereocenters. The monoisotopic (exact) mass is 280 g/mol. The van der Waals surface area contributed by atoms with E-state index in [-0.39, 0.29) is 12.1 Å². The molecule has 1 saturated carbocycles. The van der Waals surface area contributed by atoms with Crippen LogP contribution in [0.2, 0.25) is 0 Å². The fraction of sp³-hybridized carbons (Fsp3) is 0.889. The number of esters is 1. The van der Waals surface area contributed by atoms with Gasteiger partial charge >= 0.3 is 5.97 Å². The lowest BCUT2D eigenvalue weighted by Crippen LogP contribution is -2.36. The zero-order chi connectivity index (χ0) is 8.72. The van der Waals surface area contributed by atoms with Gasteiger partial charge in [-0.1, -0.05) is 29.5 Å². The normalized spacial score (nSPS) is 47.0. The van der Waals surface area contributed by atoms with Crippen molar-refractivity contribution < 1.29 is 9.53 Å². The van der Waals surface area contributed by atoms with Crippen LogP contribution in [-0.2, 0) is 9.53 Å². The maximum absolute atomic E-state index is 11.0. The van der Waals surface area contributed by atoms with E-state index in [0.29, 0.717) is 22.2 Å². The lowest BCUT2D eigenvalue weighted by atomic mass is 9.80. The van der Waals surface area contributed by atoms with Gasteiger partial charge in [0.2, 0.25) is 0 Å². The van der Waals surface area contributed by atoms with Crippen LogP contribution in [0.5, 0.6) is 0 Å². The summed E-state index contributed by atoms with van der Waals surface area (Å²) in [7, 11) is 0. The third kappa shape index (κ3) is 1.36. The van der Waals surface area contributed by atoms with Crippen molar-refractivity contribution in [2.45, 2.75) is 36.2 Å². The van der Waals surface area contributed by atoms with Crippen LogP contribution in [-0.4, -0.2) is 16.0 Å². The van der Waals surface area contributed by atoms with Crippen molar-refractivity contribution in [2.24, 2.45) is 11.8 Å². The van der Waals surface area contributed by atoms with Crippen LogP contribution in [0.15, 0.2) is 0 Å². The second kappa shape index (κ2) is 3.16. The maximum Gasteiger partial charge on any atom is 0.306 e. The van der Waals surface area contributed by atoms with Gasteiger partial charge in [0.1, 0.15) is 6.10 Å². The maximum atomic E-state index is 11.0. The van der Waals surface area contributed by atoms with Crippen LogP contribution in [0.4, 0.5) is 0 Å². The summed E-state index contributed by atoms with van der Waals surface area (Å²) in [5.41, 5.74) is 0. The highest BCUT2D eigenvalue weighted by Crippen LogP contribution is 2.41. The van der Waals surface area contributed by atoms with Crippen LogP contribution in [0.1, 0.15) is 26.2 Å². The first-order valence-corrected chi connectivity index (χ1v) is 5.76. The van der Waals surface area contributed by atoms with E-state index in [1.54, 1.807) is 0 Å². The predicted octanol–water partition coefficient (Wildman–Crippen LogP) is 2.15. The smallest absolute Gasteiger partial charge is 0.306 e. The number of alkyl halides is 1. The third-order valence-corrected chi connectivity index (χ3v) is 4.95. The fourth-order valence-corrected chi connectivity index (χ4v) is 3.27. The predicted molar refractivity (Wildman–Crippen MR) is 54.2 cm³/mol. The Morgan fingerprint density at radius 3 is 3.00 bits per heavy atom. The average Bonchev–Trinajstić information content (AvgIpc) is 2.39. The van der Waals surface area contributed by atoms with Gasteiger partial charge in [-0.25, -0.2) is 0 Å². The van der Waals surface area contributed by atoms with E-state index in [1.807, 2.05) is 0 Å². The van der Waals surface area contributed by atoms with E-state index in [1.165, 1.54) is 12.8 Å². The third-order valence-electron chi connectivity index (χ3n) is 3.01. The molecule has 0 N–H and O–H groups in total. The molecule has 0 bridgehead atoms. The SMILES string of the molecule is CC1CCC2CC(=O)OC2[C@@H]1I. The van der Waals surface area contributed by atoms with Gasteiger partial charge in [0.05, 0.1) is 10.3 Å². The molecule has 2 rings (SSSR count). The molecule has 0 amide bonds. The molecule has 3 heteroatoms. The fourth-order valence-electron chi connectivity index (χ4n) is 2.18. The summed E-state index contributed by atoms with van der Waals surface area (Å²) in [6, 6.07) is 0. The van der Waals surface area contributed by atoms with E-state index in [2.05, 4.69) is 29.5 Å². The lowest BCUT2D eigenvalue weighted by molar-refractivity contribution is -0.141. The van der Waals surface area contributed by atoms with E-state index in [4.69, 9.17) is 4.74 Å².